The molecule has 1 aliphatic heterocycles. The highest BCUT2D eigenvalue weighted by Crippen LogP contribution is 2.20. The topological polar surface area (TPSA) is 78.5 Å². The maximum Gasteiger partial charge on any atom is 0.242 e. The number of unbranched alkanes of at least 4 members (excludes halogenated alkanes) is 1. The molecular weight excluding hydrogens is 378 g/mol. The minimum absolute atomic E-state index is 0.0634. The number of hydrogen-bond donors (Lipinski definition) is 2. The molecule has 3 rings (SSSR count). The third kappa shape index (κ3) is 5.89. The summed E-state index contributed by atoms with van der Waals surface area (Å²) in [6.45, 7) is 5.14. The lowest BCUT2D eigenvalue weighted by Gasteiger charge is -2.38. The van der Waals surface area contributed by atoms with E-state index < -0.39 is 6.04 Å². The number of hydrogen-bond acceptors (Lipinski definition) is 4. The van der Waals surface area contributed by atoms with Gasteiger partial charge in [-0.15, -0.1) is 0 Å². The van der Waals surface area contributed by atoms with Crippen molar-refractivity contribution in [1.82, 2.24) is 15.5 Å². The van der Waals surface area contributed by atoms with Crippen LogP contribution in [0.2, 0.25) is 0 Å². The van der Waals surface area contributed by atoms with Crippen LogP contribution in [-0.2, 0) is 20.8 Å². The molecule has 0 radical (unpaired) electrons. The van der Waals surface area contributed by atoms with Crippen LogP contribution in [0.1, 0.15) is 38.7 Å². The second-order valence-corrected chi connectivity index (χ2v) is 7.15. The molecule has 2 N–H and O–H groups in total. The van der Waals surface area contributed by atoms with Crippen LogP contribution in [0.4, 0.5) is 0 Å². The number of fused-ring (bicyclic) bond motifs is 1. The molecule has 1 fully saturated rings. The first kappa shape index (κ1) is 23.5. The monoisotopic (exact) mass is 411 g/mol. The molecule has 2 aromatic carbocycles. The van der Waals surface area contributed by atoms with Crippen molar-refractivity contribution in [3.63, 3.8) is 0 Å². The highest BCUT2D eigenvalue weighted by molar-refractivity contribution is 5.90. The Morgan fingerprint density at radius 2 is 1.97 bits per heavy atom. The Hall–Kier alpha value is -2.73. The van der Waals surface area contributed by atoms with Crippen LogP contribution in [0.3, 0.4) is 0 Å². The van der Waals surface area contributed by atoms with E-state index in [0.29, 0.717) is 38.8 Å². The number of benzene rings is 2. The summed E-state index contributed by atoms with van der Waals surface area (Å²) in [5, 5.41) is 8.20. The van der Waals surface area contributed by atoms with E-state index in [2.05, 4.69) is 22.8 Å². The third-order valence-electron chi connectivity index (χ3n) is 5.31. The van der Waals surface area contributed by atoms with E-state index in [1.54, 1.807) is 11.9 Å². The summed E-state index contributed by atoms with van der Waals surface area (Å²) in [5.74, 6) is -0.221. The first-order valence-corrected chi connectivity index (χ1v) is 10.8. The number of nitrogens with zero attached hydrogens (tertiary/aromatic N) is 1. The summed E-state index contributed by atoms with van der Waals surface area (Å²) >= 11 is 0. The Morgan fingerprint density at radius 1 is 1.23 bits per heavy atom. The van der Waals surface area contributed by atoms with Crippen molar-refractivity contribution in [1.29, 1.82) is 0 Å². The fraction of sp³-hybridized carbons (Fsp3) is 0.458. The van der Waals surface area contributed by atoms with E-state index in [0.717, 1.165) is 22.6 Å². The zero-order valence-electron chi connectivity index (χ0n) is 18.2. The number of carbonyl (C=O) groups excluding carboxylic acids is 3. The Kier molecular flexibility index (Phi) is 9.48. The fourth-order valence-corrected chi connectivity index (χ4v) is 3.80. The van der Waals surface area contributed by atoms with Crippen LogP contribution < -0.4 is 10.6 Å². The Bertz CT molecular complexity index is 852. The molecule has 30 heavy (non-hydrogen) atoms. The summed E-state index contributed by atoms with van der Waals surface area (Å²) in [4.78, 5) is 37.8. The summed E-state index contributed by atoms with van der Waals surface area (Å²) in [6.07, 6.45) is 3.05. The van der Waals surface area contributed by atoms with Gasteiger partial charge in [0.05, 0.1) is 6.04 Å². The van der Waals surface area contributed by atoms with Gasteiger partial charge in [-0.1, -0.05) is 56.3 Å². The molecule has 162 valence electrons. The zero-order valence-corrected chi connectivity index (χ0v) is 18.2. The molecule has 0 aromatic heterocycles. The molecule has 1 aliphatic rings. The maximum atomic E-state index is 13.0. The van der Waals surface area contributed by atoms with Gasteiger partial charge in [0.25, 0.3) is 0 Å². The van der Waals surface area contributed by atoms with Crippen molar-refractivity contribution in [2.45, 2.75) is 51.6 Å². The average Bonchev–Trinajstić information content (AvgIpc) is 2.79. The molecule has 0 bridgehead atoms. The van der Waals surface area contributed by atoms with E-state index in [4.69, 9.17) is 0 Å². The first-order valence-electron chi connectivity index (χ1n) is 10.8. The van der Waals surface area contributed by atoms with E-state index in [1.807, 2.05) is 44.2 Å². The lowest BCUT2D eigenvalue weighted by Crippen LogP contribution is -2.61. The third-order valence-corrected chi connectivity index (χ3v) is 5.31. The lowest BCUT2D eigenvalue weighted by molar-refractivity contribution is -0.144. The highest BCUT2D eigenvalue weighted by Gasteiger charge is 2.35. The van der Waals surface area contributed by atoms with Gasteiger partial charge in [0.15, 0.2) is 0 Å². The lowest BCUT2D eigenvalue weighted by atomic mass is 9.98. The van der Waals surface area contributed by atoms with Gasteiger partial charge in [0.1, 0.15) is 12.3 Å². The summed E-state index contributed by atoms with van der Waals surface area (Å²) in [5.41, 5.74) is 1.02. The van der Waals surface area contributed by atoms with Crippen molar-refractivity contribution >= 4 is 28.9 Å². The van der Waals surface area contributed by atoms with E-state index in [-0.39, 0.29) is 17.9 Å². The molecule has 2 aromatic rings. The van der Waals surface area contributed by atoms with Crippen LogP contribution in [0, 0.1) is 0 Å². The molecule has 0 spiro atoms. The molecule has 0 saturated carbocycles. The normalized spacial score (nSPS) is 17.1. The largest absolute Gasteiger partial charge is 0.357 e. The predicted octanol–water partition coefficient (Wildman–Crippen LogP) is 2.69. The van der Waals surface area contributed by atoms with E-state index >= 15 is 0 Å². The number of carbonyl (C=O) groups is 3. The predicted molar refractivity (Wildman–Crippen MR) is 120 cm³/mol. The Morgan fingerprint density at radius 3 is 2.67 bits per heavy atom. The molecule has 2 unspecified atom stereocenters. The quantitative estimate of drug-likeness (QED) is 0.517. The SMILES string of the molecule is CC.CNC(=O)C(Cc1ccc2ccccc2c1)N1CCNC(CCCC=O)C1=O. The van der Waals surface area contributed by atoms with Gasteiger partial charge >= 0.3 is 0 Å². The Balaban J connectivity index is 0.00000155. The minimum Gasteiger partial charge on any atom is -0.357 e. The molecule has 6 heteroatoms. The van der Waals surface area contributed by atoms with Crippen LogP contribution in [-0.4, -0.2) is 55.2 Å². The van der Waals surface area contributed by atoms with Gasteiger partial charge in [0, 0.05) is 33.0 Å². The number of likely N-dealkylation sites (N-methyl/N-ethyl adjacent to an activating group) is 1. The number of nitrogens with one attached hydrogen (secondary N) is 2. The molecule has 6 nitrogen and oxygen atoms in total. The second-order valence-electron chi connectivity index (χ2n) is 7.15. The molecule has 1 saturated heterocycles. The molecule has 2 atom stereocenters. The van der Waals surface area contributed by atoms with Crippen molar-refractivity contribution < 1.29 is 14.4 Å². The van der Waals surface area contributed by atoms with Crippen LogP contribution in [0.15, 0.2) is 42.5 Å². The van der Waals surface area contributed by atoms with Crippen molar-refractivity contribution in [2.24, 2.45) is 0 Å². The van der Waals surface area contributed by atoms with Crippen molar-refractivity contribution in [3.8, 4) is 0 Å². The zero-order chi connectivity index (χ0) is 21.9. The maximum absolute atomic E-state index is 13.0. The molecule has 1 heterocycles. The van der Waals surface area contributed by atoms with Crippen LogP contribution in [0.25, 0.3) is 10.8 Å². The smallest absolute Gasteiger partial charge is 0.242 e. The minimum atomic E-state index is -0.547. The van der Waals surface area contributed by atoms with Gasteiger partial charge in [-0.05, 0) is 29.2 Å². The number of amides is 2. The molecular formula is C24H33N3O3. The number of aldehydes is 1. The van der Waals surface area contributed by atoms with Gasteiger partial charge in [0.2, 0.25) is 11.8 Å². The molecule has 2 amide bonds. The van der Waals surface area contributed by atoms with Gasteiger partial charge in [-0.3, -0.25) is 9.59 Å². The van der Waals surface area contributed by atoms with Crippen molar-refractivity contribution in [3.05, 3.63) is 48.0 Å². The van der Waals surface area contributed by atoms with Gasteiger partial charge in [-0.25, -0.2) is 0 Å². The number of piperazine rings is 1. The van der Waals surface area contributed by atoms with E-state index in [1.165, 1.54) is 0 Å². The van der Waals surface area contributed by atoms with Gasteiger partial charge in [-0.2, -0.15) is 0 Å². The van der Waals surface area contributed by atoms with Gasteiger partial charge < -0.3 is 20.3 Å². The summed E-state index contributed by atoms with van der Waals surface area (Å²) in [7, 11) is 1.60. The first-order chi connectivity index (χ1) is 14.6. The fourth-order valence-electron chi connectivity index (χ4n) is 3.80. The highest BCUT2D eigenvalue weighted by atomic mass is 16.2. The Labute approximate surface area is 179 Å². The summed E-state index contributed by atoms with van der Waals surface area (Å²) < 4.78 is 0. The number of rotatable bonds is 8. The van der Waals surface area contributed by atoms with Crippen LogP contribution in [0.5, 0.6) is 0 Å². The van der Waals surface area contributed by atoms with E-state index in [9.17, 15) is 14.4 Å². The van der Waals surface area contributed by atoms with Crippen molar-refractivity contribution in [2.75, 3.05) is 20.1 Å². The average molecular weight is 412 g/mol. The summed E-state index contributed by atoms with van der Waals surface area (Å²) in [6, 6.07) is 13.4. The second kappa shape index (κ2) is 12.1. The van der Waals surface area contributed by atoms with Crippen LogP contribution >= 0.6 is 0 Å². The molecule has 0 aliphatic carbocycles. The standard InChI is InChI=1S/C22H27N3O3.C2H6/c1-23-21(27)20(15-16-9-10-17-6-2-3-7-18(17)14-16)25-12-11-24-19(22(25)28)8-4-5-13-26;1-2/h2-3,6-7,9-10,13-14,19-20,24H,4-5,8,11-12,15H2,1H3,(H,23,27);1-2H3.